The van der Waals surface area contributed by atoms with Gasteiger partial charge >= 0.3 is 0 Å². The third kappa shape index (κ3) is 4.58. The minimum atomic E-state index is 0.0735. The van der Waals surface area contributed by atoms with E-state index in [1.54, 1.807) is 24.4 Å². The van der Waals surface area contributed by atoms with E-state index < -0.39 is 0 Å². The number of hydrogen-bond acceptors (Lipinski definition) is 4. The van der Waals surface area contributed by atoms with Crippen LogP contribution >= 0.6 is 12.2 Å². The molecule has 1 aromatic rings. The molecule has 5 nitrogen and oxygen atoms in total. The number of ether oxygens (including phenoxy) is 1. The van der Waals surface area contributed by atoms with Crippen LogP contribution in [0.15, 0.2) is 23.3 Å². The van der Waals surface area contributed by atoms with Crippen molar-refractivity contribution in [1.82, 2.24) is 10.7 Å². The van der Waals surface area contributed by atoms with Crippen molar-refractivity contribution in [3.8, 4) is 11.5 Å². The molecular weight excluding hydrogens is 250 g/mol. The Labute approximate surface area is 112 Å². The quantitative estimate of drug-likeness (QED) is 0.439. The van der Waals surface area contributed by atoms with E-state index >= 15 is 0 Å². The Morgan fingerprint density at radius 2 is 2.22 bits per heavy atom. The maximum atomic E-state index is 9.57. The first-order valence-corrected chi connectivity index (χ1v) is 5.90. The summed E-state index contributed by atoms with van der Waals surface area (Å²) in [5.41, 5.74) is 3.43. The van der Waals surface area contributed by atoms with Gasteiger partial charge in [0.1, 0.15) is 0 Å². The Bertz CT molecular complexity index is 447. The molecule has 0 amide bonds. The zero-order chi connectivity index (χ0) is 13.5. The molecule has 0 saturated heterocycles. The van der Waals surface area contributed by atoms with Gasteiger partial charge in [-0.3, -0.25) is 5.43 Å². The van der Waals surface area contributed by atoms with Crippen molar-refractivity contribution < 1.29 is 9.84 Å². The van der Waals surface area contributed by atoms with Gasteiger partial charge in [-0.2, -0.15) is 5.10 Å². The van der Waals surface area contributed by atoms with Crippen LogP contribution in [0.5, 0.6) is 11.5 Å². The number of hydrazone groups is 1. The van der Waals surface area contributed by atoms with E-state index in [9.17, 15) is 5.11 Å². The van der Waals surface area contributed by atoms with E-state index in [0.29, 0.717) is 10.9 Å². The van der Waals surface area contributed by atoms with E-state index in [1.807, 2.05) is 13.8 Å². The summed E-state index contributed by atoms with van der Waals surface area (Å²) >= 11 is 5.01. The summed E-state index contributed by atoms with van der Waals surface area (Å²) < 4.78 is 4.95. The van der Waals surface area contributed by atoms with Crippen molar-refractivity contribution in [3.63, 3.8) is 0 Å². The topological polar surface area (TPSA) is 65.9 Å². The highest BCUT2D eigenvalue weighted by Crippen LogP contribution is 2.25. The summed E-state index contributed by atoms with van der Waals surface area (Å²) in [7, 11) is 1.50. The highest BCUT2D eigenvalue weighted by Gasteiger charge is 2.00. The average Bonchev–Trinajstić information content (AvgIpc) is 2.28. The predicted octanol–water partition coefficient (Wildman–Crippen LogP) is 1.61. The SMILES string of the molecule is COc1ccc(/C=N/NC(=S)NC(C)C)cc1O. The first-order valence-electron chi connectivity index (χ1n) is 5.49. The molecular formula is C12H17N3O2S. The van der Waals surface area contributed by atoms with Gasteiger partial charge in [-0.15, -0.1) is 0 Å². The lowest BCUT2D eigenvalue weighted by Gasteiger charge is -2.09. The molecule has 0 unspecified atom stereocenters. The fourth-order valence-corrected chi connectivity index (χ4v) is 1.54. The lowest BCUT2D eigenvalue weighted by atomic mass is 10.2. The molecule has 0 aliphatic carbocycles. The number of hydrogen-bond donors (Lipinski definition) is 3. The molecule has 0 aromatic heterocycles. The third-order valence-electron chi connectivity index (χ3n) is 2.00. The second-order valence-corrected chi connectivity index (χ2v) is 4.34. The number of benzene rings is 1. The van der Waals surface area contributed by atoms with Gasteiger partial charge in [0.25, 0.3) is 0 Å². The Kier molecular flexibility index (Phi) is 5.38. The second kappa shape index (κ2) is 6.80. The molecule has 0 bridgehead atoms. The molecule has 6 heteroatoms. The molecule has 98 valence electrons. The minimum absolute atomic E-state index is 0.0735. The zero-order valence-corrected chi connectivity index (χ0v) is 11.4. The van der Waals surface area contributed by atoms with Gasteiger partial charge in [-0.1, -0.05) is 0 Å². The van der Waals surface area contributed by atoms with E-state index in [1.165, 1.54) is 7.11 Å². The summed E-state index contributed by atoms with van der Waals surface area (Å²) in [6, 6.07) is 5.26. The zero-order valence-electron chi connectivity index (χ0n) is 10.6. The number of nitrogens with zero attached hydrogens (tertiary/aromatic N) is 1. The number of thiocarbonyl (C=S) groups is 1. The van der Waals surface area contributed by atoms with Crippen molar-refractivity contribution in [2.75, 3.05) is 7.11 Å². The van der Waals surface area contributed by atoms with Gasteiger partial charge in [0.15, 0.2) is 16.6 Å². The number of phenolic OH excluding ortho intramolecular Hbond substituents is 1. The average molecular weight is 267 g/mol. The molecule has 18 heavy (non-hydrogen) atoms. The van der Waals surface area contributed by atoms with Crippen LogP contribution in [-0.4, -0.2) is 29.6 Å². The van der Waals surface area contributed by atoms with Crippen LogP contribution < -0.4 is 15.5 Å². The van der Waals surface area contributed by atoms with Crippen LogP contribution in [-0.2, 0) is 0 Å². The van der Waals surface area contributed by atoms with Gasteiger partial charge < -0.3 is 15.2 Å². The summed E-state index contributed by atoms with van der Waals surface area (Å²) in [5, 5.41) is 17.0. The van der Waals surface area contributed by atoms with Crippen LogP contribution in [0.3, 0.4) is 0 Å². The summed E-state index contributed by atoms with van der Waals surface area (Å²) in [6.07, 6.45) is 1.56. The number of phenols is 1. The van der Waals surface area contributed by atoms with Gasteiger partial charge in [0.2, 0.25) is 0 Å². The molecule has 1 rings (SSSR count). The highest BCUT2D eigenvalue weighted by atomic mass is 32.1. The number of rotatable bonds is 4. The van der Waals surface area contributed by atoms with Crippen LogP contribution in [0.1, 0.15) is 19.4 Å². The van der Waals surface area contributed by atoms with Crippen molar-refractivity contribution in [2.45, 2.75) is 19.9 Å². The molecule has 0 atom stereocenters. The summed E-state index contributed by atoms with van der Waals surface area (Å²) in [6.45, 7) is 3.97. The molecule has 1 aromatic carbocycles. The Morgan fingerprint density at radius 1 is 1.50 bits per heavy atom. The van der Waals surface area contributed by atoms with Gasteiger partial charge in [-0.05, 0) is 49.8 Å². The minimum Gasteiger partial charge on any atom is -0.504 e. The highest BCUT2D eigenvalue weighted by molar-refractivity contribution is 7.80. The maximum absolute atomic E-state index is 9.57. The van der Waals surface area contributed by atoms with Crippen LogP contribution in [0.4, 0.5) is 0 Å². The second-order valence-electron chi connectivity index (χ2n) is 3.93. The van der Waals surface area contributed by atoms with Crippen LogP contribution in [0.2, 0.25) is 0 Å². The normalized spacial score (nSPS) is 10.7. The van der Waals surface area contributed by atoms with E-state index in [0.717, 1.165) is 5.56 Å². The molecule has 3 N–H and O–H groups in total. The molecule has 0 spiro atoms. The smallest absolute Gasteiger partial charge is 0.187 e. The maximum Gasteiger partial charge on any atom is 0.187 e. The Hall–Kier alpha value is -1.82. The van der Waals surface area contributed by atoms with E-state index in [4.69, 9.17) is 17.0 Å². The van der Waals surface area contributed by atoms with Gasteiger partial charge in [0.05, 0.1) is 13.3 Å². The molecule has 0 aliphatic heterocycles. The number of aromatic hydroxyl groups is 1. The first kappa shape index (κ1) is 14.2. The molecule has 0 radical (unpaired) electrons. The van der Waals surface area contributed by atoms with Crippen molar-refractivity contribution in [3.05, 3.63) is 23.8 Å². The van der Waals surface area contributed by atoms with Crippen molar-refractivity contribution >= 4 is 23.5 Å². The van der Waals surface area contributed by atoms with Crippen LogP contribution in [0, 0.1) is 0 Å². The lowest BCUT2D eigenvalue weighted by molar-refractivity contribution is 0.373. The Morgan fingerprint density at radius 3 is 2.78 bits per heavy atom. The molecule has 0 saturated carbocycles. The summed E-state index contributed by atoms with van der Waals surface area (Å²) in [5.74, 6) is 0.501. The summed E-state index contributed by atoms with van der Waals surface area (Å²) in [4.78, 5) is 0. The standard InChI is InChI=1S/C12H17N3O2S/c1-8(2)14-12(18)15-13-7-9-4-5-11(17-3)10(16)6-9/h4-8,16H,1-3H3,(H2,14,15,18)/b13-7+. The van der Waals surface area contributed by atoms with E-state index in [2.05, 4.69) is 15.8 Å². The van der Waals surface area contributed by atoms with Crippen molar-refractivity contribution in [1.29, 1.82) is 0 Å². The number of nitrogens with one attached hydrogen (secondary N) is 2. The largest absolute Gasteiger partial charge is 0.504 e. The monoisotopic (exact) mass is 267 g/mol. The molecule has 0 fully saturated rings. The molecule has 0 heterocycles. The Balaban J connectivity index is 2.57. The third-order valence-corrected chi connectivity index (χ3v) is 2.21. The lowest BCUT2D eigenvalue weighted by Crippen LogP contribution is -2.36. The van der Waals surface area contributed by atoms with Crippen LogP contribution in [0.25, 0.3) is 0 Å². The fourth-order valence-electron chi connectivity index (χ4n) is 1.25. The van der Waals surface area contributed by atoms with E-state index in [-0.39, 0.29) is 11.8 Å². The first-order chi connectivity index (χ1) is 8.52. The predicted molar refractivity (Wildman–Crippen MR) is 76.3 cm³/mol. The van der Waals surface area contributed by atoms with Crippen molar-refractivity contribution in [2.24, 2.45) is 5.10 Å². The molecule has 0 aliphatic rings. The van der Waals surface area contributed by atoms with Gasteiger partial charge in [-0.25, -0.2) is 0 Å². The van der Waals surface area contributed by atoms with Gasteiger partial charge in [0, 0.05) is 6.04 Å². The number of methoxy groups -OCH3 is 1. The fraction of sp³-hybridized carbons (Fsp3) is 0.333.